The summed E-state index contributed by atoms with van der Waals surface area (Å²) in [5.41, 5.74) is 1.01. The molecule has 3 aromatic rings. The van der Waals surface area contributed by atoms with Gasteiger partial charge in [0.25, 0.3) is 15.7 Å². The van der Waals surface area contributed by atoms with Gasteiger partial charge in [-0.1, -0.05) is 18.2 Å². The van der Waals surface area contributed by atoms with Crippen LogP contribution in [-0.2, 0) is 32.4 Å². The first-order valence-corrected chi connectivity index (χ1v) is 12.8. The number of nitrogens with one attached hydrogen (secondary N) is 1. The molecular weight excluding hydrogens is 494 g/mol. The summed E-state index contributed by atoms with van der Waals surface area (Å²) in [6.45, 7) is -0.613. The van der Waals surface area contributed by atoms with E-state index in [0.29, 0.717) is 17.0 Å². The van der Waals surface area contributed by atoms with Crippen LogP contribution in [0.25, 0.3) is 0 Å². The molecule has 4 rings (SSSR count). The van der Waals surface area contributed by atoms with E-state index in [4.69, 9.17) is 4.74 Å². The zero-order valence-electron chi connectivity index (χ0n) is 18.6. The van der Waals surface area contributed by atoms with Gasteiger partial charge in [-0.15, -0.1) is 11.3 Å². The second-order valence-electron chi connectivity index (χ2n) is 7.70. The lowest BCUT2D eigenvalue weighted by Gasteiger charge is -2.24. The van der Waals surface area contributed by atoms with Gasteiger partial charge in [0, 0.05) is 17.0 Å². The molecule has 1 amide bonds. The van der Waals surface area contributed by atoms with Gasteiger partial charge in [0.15, 0.2) is 0 Å². The first kappa shape index (κ1) is 24.4. The fourth-order valence-electron chi connectivity index (χ4n) is 3.88. The van der Waals surface area contributed by atoms with Gasteiger partial charge in [0.2, 0.25) is 5.91 Å². The number of aryl methyl sites for hydroxylation is 1. The van der Waals surface area contributed by atoms with E-state index in [-0.39, 0.29) is 16.3 Å². The number of methoxy groups -OCH3 is 1. The number of rotatable bonds is 8. The molecule has 0 saturated heterocycles. The number of fused-ring (bicyclic) bond motifs is 1. The molecule has 182 valence electrons. The standard InChI is InChI=1S/C23H21N3O7S2/c1-33-23(28)21-18-8-5-9-19(18)34-22(21)24-20(27)14-25(15-10-12-16(13-11-15)26(29)30)35(31,32)17-6-3-2-4-7-17/h2-4,6-7,10-13H,5,8-9,14H2,1H3,(H,24,27). The molecule has 1 N–H and O–H groups in total. The van der Waals surface area contributed by atoms with Crippen LogP contribution in [0.4, 0.5) is 16.4 Å². The molecule has 0 atom stereocenters. The predicted octanol–water partition coefficient (Wildman–Crippen LogP) is 3.77. The molecule has 0 saturated carbocycles. The van der Waals surface area contributed by atoms with Gasteiger partial charge in [-0.25, -0.2) is 13.2 Å². The van der Waals surface area contributed by atoms with Gasteiger partial charge in [-0.2, -0.15) is 0 Å². The zero-order chi connectivity index (χ0) is 25.2. The van der Waals surface area contributed by atoms with Crippen LogP contribution in [0.1, 0.15) is 27.2 Å². The summed E-state index contributed by atoms with van der Waals surface area (Å²) >= 11 is 1.28. The van der Waals surface area contributed by atoms with Crippen molar-refractivity contribution in [3.05, 3.63) is 80.7 Å². The van der Waals surface area contributed by atoms with Crippen LogP contribution >= 0.6 is 11.3 Å². The fourth-order valence-corrected chi connectivity index (χ4v) is 6.62. The van der Waals surface area contributed by atoms with E-state index in [1.807, 2.05) is 0 Å². The largest absolute Gasteiger partial charge is 0.465 e. The number of nitrogens with zero attached hydrogens (tertiary/aromatic N) is 2. The Hall–Kier alpha value is -3.77. The number of sulfonamides is 1. The van der Waals surface area contributed by atoms with Crippen molar-refractivity contribution < 1.29 is 27.7 Å². The monoisotopic (exact) mass is 515 g/mol. The number of carbonyl (C=O) groups excluding carboxylic acids is 2. The van der Waals surface area contributed by atoms with Crippen molar-refractivity contribution in [2.45, 2.75) is 24.2 Å². The summed E-state index contributed by atoms with van der Waals surface area (Å²) in [5, 5.41) is 14.0. The summed E-state index contributed by atoms with van der Waals surface area (Å²) in [7, 11) is -2.93. The van der Waals surface area contributed by atoms with E-state index >= 15 is 0 Å². The van der Waals surface area contributed by atoms with Gasteiger partial charge in [0.05, 0.1) is 28.2 Å². The number of nitro benzene ring substituents is 1. The number of nitro groups is 1. The minimum atomic E-state index is -4.19. The number of non-ortho nitro benzene ring substituents is 1. The summed E-state index contributed by atoms with van der Waals surface area (Å²) in [6, 6.07) is 12.4. The van der Waals surface area contributed by atoms with Crippen molar-refractivity contribution in [3.63, 3.8) is 0 Å². The van der Waals surface area contributed by atoms with Gasteiger partial charge in [-0.05, 0) is 49.1 Å². The van der Waals surface area contributed by atoms with Crippen LogP contribution in [-0.4, -0.2) is 38.9 Å². The number of esters is 1. The number of ether oxygens (including phenoxy) is 1. The highest BCUT2D eigenvalue weighted by atomic mass is 32.2. The molecule has 1 aromatic heterocycles. The van der Waals surface area contributed by atoms with Crippen LogP contribution in [0.5, 0.6) is 0 Å². The number of anilines is 2. The Kier molecular flexibility index (Phi) is 6.85. The predicted molar refractivity (Wildman–Crippen MR) is 130 cm³/mol. The van der Waals surface area contributed by atoms with Crippen LogP contribution in [0, 0.1) is 10.1 Å². The molecule has 2 aromatic carbocycles. The summed E-state index contributed by atoms with van der Waals surface area (Å²) in [4.78, 5) is 36.8. The third-order valence-corrected chi connectivity index (χ3v) is 8.53. The van der Waals surface area contributed by atoms with Crippen molar-refractivity contribution >= 4 is 49.6 Å². The molecule has 0 bridgehead atoms. The molecular formula is C23H21N3O7S2. The quantitative estimate of drug-likeness (QED) is 0.274. The van der Waals surface area contributed by atoms with Gasteiger partial charge in [-0.3, -0.25) is 19.2 Å². The van der Waals surface area contributed by atoms with Gasteiger partial charge < -0.3 is 10.1 Å². The van der Waals surface area contributed by atoms with Gasteiger partial charge in [0.1, 0.15) is 11.5 Å². The number of thiophene rings is 1. The van der Waals surface area contributed by atoms with Crippen molar-refractivity contribution in [1.29, 1.82) is 0 Å². The Morgan fingerprint density at radius 1 is 1.11 bits per heavy atom. The molecule has 1 aliphatic carbocycles. The molecule has 12 heteroatoms. The second-order valence-corrected chi connectivity index (χ2v) is 10.7. The smallest absolute Gasteiger partial charge is 0.341 e. The van der Waals surface area contributed by atoms with Crippen LogP contribution in [0.3, 0.4) is 0 Å². The average Bonchev–Trinajstić information content (AvgIpc) is 3.43. The SMILES string of the molecule is COC(=O)c1c(NC(=O)CN(c2ccc([N+](=O)[O-])cc2)S(=O)(=O)c2ccccc2)sc2c1CCC2. The normalized spacial score (nSPS) is 12.6. The van der Waals surface area contributed by atoms with Crippen LogP contribution in [0.15, 0.2) is 59.5 Å². The first-order valence-electron chi connectivity index (χ1n) is 10.6. The maximum absolute atomic E-state index is 13.4. The van der Waals surface area contributed by atoms with E-state index in [0.717, 1.165) is 27.6 Å². The van der Waals surface area contributed by atoms with E-state index in [1.165, 1.54) is 54.8 Å². The molecule has 1 heterocycles. The Balaban J connectivity index is 1.67. The van der Waals surface area contributed by atoms with Crippen LogP contribution in [0.2, 0.25) is 0 Å². The number of benzene rings is 2. The van der Waals surface area contributed by atoms with Crippen molar-refractivity contribution in [2.24, 2.45) is 0 Å². The highest BCUT2D eigenvalue weighted by Gasteiger charge is 2.31. The van der Waals surface area contributed by atoms with Crippen molar-refractivity contribution in [1.82, 2.24) is 0 Å². The lowest BCUT2D eigenvalue weighted by molar-refractivity contribution is -0.384. The Labute approximate surface area is 205 Å². The molecule has 1 aliphatic rings. The average molecular weight is 516 g/mol. The molecule has 0 unspecified atom stereocenters. The zero-order valence-corrected chi connectivity index (χ0v) is 20.2. The highest BCUT2D eigenvalue weighted by molar-refractivity contribution is 7.92. The maximum atomic E-state index is 13.4. The molecule has 0 fully saturated rings. The fraction of sp³-hybridized carbons (Fsp3) is 0.217. The molecule has 35 heavy (non-hydrogen) atoms. The first-order chi connectivity index (χ1) is 16.7. The number of hydrogen-bond donors (Lipinski definition) is 1. The maximum Gasteiger partial charge on any atom is 0.341 e. The number of hydrogen-bond acceptors (Lipinski definition) is 8. The third kappa shape index (κ3) is 4.88. The highest BCUT2D eigenvalue weighted by Crippen LogP contribution is 2.39. The van der Waals surface area contributed by atoms with E-state index in [2.05, 4.69) is 5.32 Å². The molecule has 0 spiro atoms. The Morgan fingerprint density at radius 3 is 2.43 bits per heavy atom. The Morgan fingerprint density at radius 2 is 1.80 bits per heavy atom. The topological polar surface area (TPSA) is 136 Å². The van der Waals surface area contributed by atoms with E-state index in [1.54, 1.807) is 18.2 Å². The van der Waals surface area contributed by atoms with E-state index in [9.17, 15) is 28.1 Å². The minimum Gasteiger partial charge on any atom is -0.465 e. The van der Waals surface area contributed by atoms with E-state index < -0.39 is 33.4 Å². The lowest BCUT2D eigenvalue weighted by Crippen LogP contribution is -2.38. The van der Waals surface area contributed by atoms with Crippen molar-refractivity contribution in [2.75, 3.05) is 23.3 Å². The third-order valence-electron chi connectivity index (χ3n) is 5.53. The molecule has 0 radical (unpaired) electrons. The lowest BCUT2D eigenvalue weighted by atomic mass is 10.1. The minimum absolute atomic E-state index is 0.0449. The summed E-state index contributed by atoms with van der Waals surface area (Å²) in [5.74, 6) is -1.24. The number of amides is 1. The molecule has 10 nitrogen and oxygen atoms in total. The van der Waals surface area contributed by atoms with Gasteiger partial charge >= 0.3 is 5.97 Å². The summed E-state index contributed by atoms with van der Waals surface area (Å²) in [6.07, 6.45) is 2.39. The summed E-state index contributed by atoms with van der Waals surface area (Å²) < 4.78 is 32.6. The number of carbonyl (C=O) groups is 2. The molecule has 0 aliphatic heterocycles. The Bertz CT molecular complexity index is 1380. The second kappa shape index (κ2) is 9.84. The van der Waals surface area contributed by atoms with Crippen molar-refractivity contribution in [3.8, 4) is 0 Å². The van der Waals surface area contributed by atoms with Crippen LogP contribution < -0.4 is 9.62 Å².